The van der Waals surface area contributed by atoms with Crippen molar-refractivity contribution < 1.29 is 9.21 Å². The first-order valence-electron chi connectivity index (χ1n) is 7.04. The first-order valence-corrected chi connectivity index (χ1v) is 7.04. The predicted octanol–water partition coefficient (Wildman–Crippen LogP) is 1.84. The molecule has 0 bridgehead atoms. The summed E-state index contributed by atoms with van der Waals surface area (Å²) in [5.41, 5.74) is 7.21. The molecule has 4 N–H and O–H groups in total. The number of carbonyl (C=O) groups excluding carboxylic acids is 1. The Hall–Kier alpha value is -3.16. The molecular formula is C15H16N6O2. The SMILES string of the molecule is Cc1ccc(-c2cc(C(=O)NC(C)c3cn[nH]c3)nc(N)n2)o1. The minimum atomic E-state index is -0.350. The van der Waals surface area contributed by atoms with Crippen LogP contribution in [0.1, 0.15) is 34.8 Å². The summed E-state index contributed by atoms with van der Waals surface area (Å²) in [6, 6.07) is 4.92. The third-order valence-corrected chi connectivity index (χ3v) is 3.34. The average molecular weight is 312 g/mol. The molecule has 0 aromatic carbocycles. The number of aromatic amines is 1. The molecule has 0 saturated carbocycles. The summed E-state index contributed by atoms with van der Waals surface area (Å²) >= 11 is 0. The van der Waals surface area contributed by atoms with E-state index in [-0.39, 0.29) is 23.6 Å². The van der Waals surface area contributed by atoms with Gasteiger partial charge in [0, 0.05) is 11.8 Å². The molecule has 0 saturated heterocycles. The fourth-order valence-electron chi connectivity index (χ4n) is 2.13. The maximum atomic E-state index is 12.4. The van der Waals surface area contributed by atoms with E-state index in [1.807, 2.05) is 19.9 Å². The molecule has 1 unspecified atom stereocenters. The van der Waals surface area contributed by atoms with Gasteiger partial charge in [-0.2, -0.15) is 5.10 Å². The largest absolute Gasteiger partial charge is 0.460 e. The zero-order valence-electron chi connectivity index (χ0n) is 12.7. The third-order valence-electron chi connectivity index (χ3n) is 3.34. The minimum Gasteiger partial charge on any atom is -0.460 e. The highest BCUT2D eigenvalue weighted by Crippen LogP contribution is 2.21. The maximum absolute atomic E-state index is 12.4. The topological polar surface area (TPSA) is 123 Å². The van der Waals surface area contributed by atoms with Crippen molar-refractivity contribution in [2.75, 3.05) is 5.73 Å². The number of amides is 1. The molecule has 118 valence electrons. The molecular weight excluding hydrogens is 296 g/mol. The van der Waals surface area contributed by atoms with Crippen molar-refractivity contribution in [3.05, 3.63) is 47.6 Å². The van der Waals surface area contributed by atoms with Crippen molar-refractivity contribution in [2.45, 2.75) is 19.9 Å². The van der Waals surface area contributed by atoms with E-state index in [9.17, 15) is 4.79 Å². The Kier molecular flexibility index (Phi) is 3.80. The van der Waals surface area contributed by atoms with E-state index in [1.165, 1.54) is 0 Å². The van der Waals surface area contributed by atoms with E-state index in [0.717, 1.165) is 11.3 Å². The number of hydrogen-bond donors (Lipinski definition) is 3. The molecule has 0 spiro atoms. The number of furan rings is 1. The number of nitrogens with zero attached hydrogens (tertiary/aromatic N) is 3. The zero-order valence-corrected chi connectivity index (χ0v) is 12.7. The van der Waals surface area contributed by atoms with Crippen molar-refractivity contribution in [2.24, 2.45) is 0 Å². The number of hydrogen-bond acceptors (Lipinski definition) is 6. The molecule has 3 aromatic rings. The zero-order chi connectivity index (χ0) is 16.4. The van der Waals surface area contributed by atoms with E-state index in [2.05, 4.69) is 25.5 Å². The molecule has 3 rings (SSSR count). The van der Waals surface area contributed by atoms with Gasteiger partial charge in [-0.25, -0.2) is 9.97 Å². The summed E-state index contributed by atoms with van der Waals surface area (Å²) in [5, 5.41) is 9.40. The number of anilines is 1. The van der Waals surface area contributed by atoms with Gasteiger partial charge in [0.05, 0.1) is 12.2 Å². The standard InChI is InChI=1S/C15H16N6O2/c1-8-3-4-13(23-8)11-5-12(21-15(16)20-11)14(22)19-9(2)10-6-17-18-7-10/h3-7,9H,1-2H3,(H,17,18)(H,19,22)(H2,16,20,21). The highest BCUT2D eigenvalue weighted by Gasteiger charge is 2.16. The van der Waals surface area contributed by atoms with Crippen LogP contribution in [-0.2, 0) is 0 Å². The van der Waals surface area contributed by atoms with Gasteiger partial charge in [0.25, 0.3) is 5.91 Å². The molecule has 1 atom stereocenters. The lowest BCUT2D eigenvalue weighted by Gasteiger charge is -2.12. The molecule has 0 aliphatic carbocycles. The van der Waals surface area contributed by atoms with Gasteiger partial charge in [-0.1, -0.05) is 0 Å². The maximum Gasteiger partial charge on any atom is 0.270 e. The van der Waals surface area contributed by atoms with Gasteiger partial charge >= 0.3 is 0 Å². The number of nitrogen functional groups attached to an aromatic ring is 1. The summed E-state index contributed by atoms with van der Waals surface area (Å²) in [4.78, 5) is 20.5. The third kappa shape index (κ3) is 3.20. The molecule has 8 heteroatoms. The molecule has 0 aliphatic heterocycles. The monoisotopic (exact) mass is 312 g/mol. The second kappa shape index (κ2) is 5.91. The summed E-state index contributed by atoms with van der Waals surface area (Å²) in [5.74, 6) is 0.945. The number of nitrogens with one attached hydrogen (secondary N) is 2. The lowest BCUT2D eigenvalue weighted by Crippen LogP contribution is -2.27. The first kappa shape index (κ1) is 14.8. The molecule has 1 amide bonds. The minimum absolute atomic E-state index is 0.0117. The van der Waals surface area contributed by atoms with Crippen LogP contribution in [0.15, 0.2) is 35.0 Å². The number of aromatic nitrogens is 4. The van der Waals surface area contributed by atoms with Gasteiger partial charge in [0.2, 0.25) is 5.95 Å². The predicted molar refractivity (Wildman–Crippen MR) is 83.4 cm³/mol. The fourth-order valence-corrected chi connectivity index (χ4v) is 2.13. The van der Waals surface area contributed by atoms with Gasteiger partial charge in [-0.15, -0.1) is 0 Å². The lowest BCUT2D eigenvalue weighted by molar-refractivity contribution is 0.0935. The van der Waals surface area contributed by atoms with Crippen molar-refractivity contribution >= 4 is 11.9 Å². The fraction of sp³-hybridized carbons (Fsp3) is 0.200. The van der Waals surface area contributed by atoms with Gasteiger partial charge in [-0.3, -0.25) is 9.89 Å². The van der Waals surface area contributed by atoms with Crippen LogP contribution < -0.4 is 11.1 Å². The lowest BCUT2D eigenvalue weighted by atomic mass is 10.2. The van der Waals surface area contributed by atoms with Crippen LogP contribution in [0.4, 0.5) is 5.95 Å². The normalized spacial score (nSPS) is 12.1. The molecule has 3 heterocycles. The van der Waals surface area contributed by atoms with E-state index in [0.29, 0.717) is 11.5 Å². The van der Waals surface area contributed by atoms with Crippen LogP contribution in [0.5, 0.6) is 0 Å². The summed E-state index contributed by atoms with van der Waals surface area (Å²) in [6.45, 7) is 3.68. The summed E-state index contributed by atoms with van der Waals surface area (Å²) in [6.07, 6.45) is 3.37. The second-order valence-corrected chi connectivity index (χ2v) is 5.13. The van der Waals surface area contributed by atoms with E-state index >= 15 is 0 Å². The number of aryl methyl sites for hydroxylation is 1. The Morgan fingerprint density at radius 2 is 2.22 bits per heavy atom. The Morgan fingerprint density at radius 1 is 1.39 bits per heavy atom. The molecule has 3 aromatic heterocycles. The van der Waals surface area contributed by atoms with Crippen LogP contribution in [0, 0.1) is 6.92 Å². The highest BCUT2D eigenvalue weighted by atomic mass is 16.3. The first-order chi connectivity index (χ1) is 11.0. The summed E-state index contributed by atoms with van der Waals surface area (Å²) in [7, 11) is 0. The van der Waals surface area contributed by atoms with Crippen molar-refractivity contribution in [1.82, 2.24) is 25.5 Å². The number of carbonyl (C=O) groups is 1. The van der Waals surface area contributed by atoms with Gasteiger partial charge in [0.1, 0.15) is 17.1 Å². The van der Waals surface area contributed by atoms with E-state index in [1.54, 1.807) is 24.5 Å². The van der Waals surface area contributed by atoms with Crippen molar-refractivity contribution in [3.63, 3.8) is 0 Å². The van der Waals surface area contributed by atoms with Crippen molar-refractivity contribution in [3.8, 4) is 11.5 Å². The molecule has 23 heavy (non-hydrogen) atoms. The Labute approximate surface area is 132 Å². The number of rotatable bonds is 4. The van der Waals surface area contributed by atoms with Crippen LogP contribution in [0.2, 0.25) is 0 Å². The van der Waals surface area contributed by atoms with Gasteiger partial charge in [0.15, 0.2) is 5.76 Å². The smallest absolute Gasteiger partial charge is 0.270 e. The quantitative estimate of drug-likeness (QED) is 0.675. The molecule has 0 fully saturated rings. The van der Waals surface area contributed by atoms with Crippen LogP contribution in [-0.4, -0.2) is 26.1 Å². The highest BCUT2D eigenvalue weighted by molar-refractivity contribution is 5.93. The van der Waals surface area contributed by atoms with Crippen LogP contribution in [0.25, 0.3) is 11.5 Å². The Bertz CT molecular complexity index is 824. The van der Waals surface area contributed by atoms with Crippen molar-refractivity contribution in [1.29, 1.82) is 0 Å². The summed E-state index contributed by atoms with van der Waals surface area (Å²) < 4.78 is 5.51. The van der Waals surface area contributed by atoms with Gasteiger partial charge < -0.3 is 15.5 Å². The van der Waals surface area contributed by atoms with E-state index in [4.69, 9.17) is 10.2 Å². The molecule has 0 aliphatic rings. The average Bonchev–Trinajstić information content (AvgIpc) is 3.17. The van der Waals surface area contributed by atoms with Gasteiger partial charge in [-0.05, 0) is 32.0 Å². The van der Waals surface area contributed by atoms with Crippen LogP contribution in [0.3, 0.4) is 0 Å². The van der Waals surface area contributed by atoms with E-state index < -0.39 is 0 Å². The number of nitrogens with two attached hydrogens (primary N) is 1. The molecule has 8 nitrogen and oxygen atoms in total. The second-order valence-electron chi connectivity index (χ2n) is 5.13. The molecule has 0 radical (unpaired) electrons. The Balaban J connectivity index is 1.84. The van der Waals surface area contributed by atoms with Crippen LogP contribution >= 0.6 is 0 Å². The Morgan fingerprint density at radius 3 is 2.87 bits per heavy atom. The number of H-pyrrole nitrogens is 1.